The molecule has 0 aliphatic carbocycles. The van der Waals surface area contributed by atoms with Crippen molar-refractivity contribution in [3.63, 3.8) is 0 Å². The zero-order valence-corrected chi connectivity index (χ0v) is 13.1. The van der Waals surface area contributed by atoms with Crippen LogP contribution in [-0.4, -0.2) is 45.3 Å². The van der Waals surface area contributed by atoms with Gasteiger partial charge < -0.3 is 15.0 Å². The molecule has 3 nitrogen and oxygen atoms in total. The maximum Gasteiger partial charge on any atom is 0.0531 e. The third-order valence-corrected chi connectivity index (χ3v) is 4.42. The molecule has 0 spiro atoms. The van der Waals surface area contributed by atoms with Crippen molar-refractivity contribution >= 4 is 0 Å². The van der Waals surface area contributed by atoms with Gasteiger partial charge in [0, 0.05) is 25.6 Å². The largest absolute Gasteiger partial charge is 0.384 e. The molecule has 2 rings (SSSR count). The first-order valence-electron chi connectivity index (χ1n) is 7.58. The first-order chi connectivity index (χ1) is 9.65. The maximum atomic E-state index is 5.51. The second-order valence-electron chi connectivity index (χ2n) is 6.28. The highest BCUT2D eigenvalue weighted by Crippen LogP contribution is 2.30. The summed E-state index contributed by atoms with van der Waals surface area (Å²) < 4.78 is 5.51. The van der Waals surface area contributed by atoms with Crippen molar-refractivity contribution in [2.75, 3.05) is 40.4 Å². The van der Waals surface area contributed by atoms with E-state index in [1.165, 1.54) is 24.0 Å². The average Bonchev–Trinajstić information content (AvgIpc) is 2.42. The average molecular weight is 276 g/mol. The predicted octanol–water partition coefficient (Wildman–Crippen LogP) is 2.44. The fourth-order valence-electron chi connectivity index (χ4n) is 3.32. The molecule has 1 aromatic carbocycles. The molecule has 20 heavy (non-hydrogen) atoms. The van der Waals surface area contributed by atoms with E-state index in [1.54, 1.807) is 0 Å². The molecule has 1 N–H and O–H groups in total. The monoisotopic (exact) mass is 276 g/mol. The molecule has 1 heterocycles. The van der Waals surface area contributed by atoms with Crippen LogP contribution in [0.3, 0.4) is 0 Å². The van der Waals surface area contributed by atoms with E-state index in [-0.39, 0.29) is 0 Å². The van der Waals surface area contributed by atoms with E-state index < -0.39 is 0 Å². The summed E-state index contributed by atoms with van der Waals surface area (Å²) in [7, 11) is 4.05. The second kappa shape index (κ2) is 7.21. The van der Waals surface area contributed by atoms with E-state index in [9.17, 15) is 0 Å². The Kier molecular flexibility index (Phi) is 5.58. The van der Waals surface area contributed by atoms with Crippen LogP contribution in [0.25, 0.3) is 0 Å². The summed E-state index contributed by atoms with van der Waals surface area (Å²) in [6.45, 7) is 7.41. The van der Waals surface area contributed by atoms with Gasteiger partial charge in [0.15, 0.2) is 0 Å². The van der Waals surface area contributed by atoms with Gasteiger partial charge in [-0.05, 0) is 51.0 Å². The third kappa shape index (κ3) is 4.05. The van der Waals surface area contributed by atoms with E-state index >= 15 is 0 Å². The Balaban J connectivity index is 1.98. The van der Waals surface area contributed by atoms with Crippen molar-refractivity contribution in [2.45, 2.75) is 26.3 Å². The topological polar surface area (TPSA) is 24.5 Å². The lowest BCUT2D eigenvalue weighted by Gasteiger charge is -2.40. The molecule has 0 atom stereocenters. The minimum Gasteiger partial charge on any atom is -0.384 e. The number of aryl methyl sites for hydroxylation is 1. The molecule has 3 heteroatoms. The quantitative estimate of drug-likeness (QED) is 0.864. The van der Waals surface area contributed by atoms with Gasteiger partial charge in [-0.3, -0.25) is 0 Å². The highest BCUT2D eigenvalue weighted by atomic mass is 16.5. The molecule has 0 saturated carbocycles. The Labute approximate surface area is 123 Å². The van der Waals surface area contributed by atoms with Gasteiger partial charge in [-0.15, -0.1) is 0 Å². The van der Waals surface area contributed by atoms with E-state index in [0.717, 1.165) is 32.8 Å². The number of piperidine rings is 1. The van der Waals surface area contributed by atoms with Crippen LogP contribution in [0.15, 0.2) is 24.3 Å². The third-order valence-electron chi connectivity index (χ3n) is 4.42. The Hall–Kier alpha value is -0.900. The van der Waals surface area contributed by atoms with Crippen molar-refractivity contribution < 1.29 is 4.74 Å². The lowest BCUT2D eigenvalue weighted by atomic mass is 9.79. The van der Waals surface area contributed by atoms with E-state index in [0.29, 0.717) is 5.41 Å². The minimum atomic E-state index is 0.317. The number of ether oxygens (including phenoxy) is 1. The van der Waals surface area contributed by atoms with E-state index in [2.05, 4.69) is 48.5 Å². The lowest BCUT2D eigenvalue weighted by Crippen LogP contribution is -2.46. The van der Waals surface area contributed by atoms with Crippen LogP contribution in [0.1, 0.15) is 24.0 Å². The highest BCUT2D eigenvalue weighted by molar-refractivity contribution is 5.25. The van der Waals surface area contributed by atoms with Crippen molar-refractivity contribution in [3.8, 4) is 0 Å². The SMILES string of the molecule is COCC1(CN(C)Cc2ccccc2C)CCNCC1. The molecule has 0 unspecified atom stereocenters. The van der Waals surface area contributed by atoms with Crippen LogP contribution in [0.4, 0.5) is 0 Å². The number of nitrogens with zero attached hydrogens (tertiary/aromatic N) is 1. The van der Waals surface area contributed by atoms with Crippen LogP contribution in [0.5, 0.6) is 0 Å². The van der Waals surface area contributed by atoms with Gasteiger partial charge in [0.1, 0.15) is 0 Å². The van der Waals surface area contributed by atoms with Crippen LogP contribution in [-0.2, 0) is 11.3 Å². The van der Waals surface area contributed by atoms with Crippen LogP contribution < -0.4 is 5.32 Å². The number of methoxy groups -OCH3 is 1. The van der Waals surface area contributed by atoms with Crippen molar-refractivity contribution in [1.29, 1.82) is 0 Å². The van der Waals surface area contributed by atoms with E-state index in [1.807, 2.05) is 7.11 Å². The van der Waals surface area contributed by atoms with Gasteiger partial charge in [0.25, 0.3) is 0 Å². The summed E-state index contributed by atoms with van der Waals surface area (Å²) in [6.07, 6.45) is 2.41. The van der Waals surface area contributed by atoms with Gasteiger partial charge in [0.2, 0.25) is 0 Å². The normalized spacial score (nSPS) is 18.4. The second-order valence-corrected chi connectivity index (χ2v) is 6.28. The van der Waals surface area contributed by atoms with E-state index in [4.69, 9.17) is 4.74 Å². The molecular formula is C17H28N2O. The summed E-state index contributed by atoms with van der Waals surface area (Å²) in [6, 6.07) is 8.67. The van der Waals surface area contributed by atoms with Gasteiger partial charge in [-0.25, -0.2) is 0 Å². The number of hydrogen-bond acceptors (Lipinski definition) is 3. The smallest absolute Gasteiger partial charge is 0.0531 e. The summed E-state index contributed by atoms with van der Waals surface area (Å²) in [5.74, 6) is 0. The number of nitrogens with one attached hydrogen (secondary N) is 1. The molecule has 1 aromatic rings. The summed E-state index contributed by atoms with van der Waals surface area (Å²) in [5.41, 5.74) is 3.12. The molecule has 1 fully saturated rings. The maximum absolute atomic E-state index is 5.51. The van der Waals surface area contributed by atoms with Crippen molar-refractivity contribution in [3.05, 3.63) is 35.4 Å². The molecule has 1 aliphatic rings. The molecule has 0 aromatic heterocycles. The molecule has 1 aliphatic heterocycles. The summed E-state index contributed by atoms with van der Waals surface area (Å²) in [5, 5.41) is 3.46. The number of rotatable bonds is 6. The predicted molar refractivity (Wildman–Crippen MR) is 83.9 cm³/mol. The first-order valence-corrected chi connectivity index (χ1v) is 7.58. The van der Waals surface area contributed by atoms with Crippen LogP contribution >= 0.6 is 0 Å². The van der Waals surface area contributed by atoms with Crippen molar-refractivity contribution in [1.82, 2.24) is 10.2 Å². The standard InChI is InChI=1S/C17H28N2O/c1-15-6-4-5-7-16(15)12-19(2)13-17(14-20-3)8-10-18-11-9-17/h4-7,18H,8-14H2,1-3H3. The van der Waals surface area contributed by atoms with Crippen LogP contribution in [0, 0.1) is 12.3 Å². The van der Waals surface area contributed by atoms with Gasteiger partial charge in [-0.1, -0.05) is 24.3 Å². The fraction of sp³-hybridized carbons (Fsp3) is 0.647. The molecular weight excluding hydrogens is 248 g/mol. The van der Waals surface area contributed by atoms with Crippen molar-refractivity contribution in [2.24, 2.45) is 5.41 Å². The first kappa shape index (κ1) is 15.5. The number of benzene rings is 1. The summed E-state index contributed by atoms with van der Waals surface area (Å²) >= 11 is 0. The molecule has 0 amide bonds. The molecule has 0 bridgehead atoms. The molecule has 1 saturated heterocycles. The minimum absolute atomic E-state index is 0.317. The van der Waals surface area contributed by atoms with Gasteiger partial charge in [-0.2, -0.15) is 0 Å². The van der Waals surface area contributed by atoms with Crippen LogP contribution in [0.2, 0.25) is 0 Å². The molecule has 0 radical (unpaired) electrons. The van der Waals surface area contributed by atoms with Gasteiger partial charge >= 0.3 is 0 Å². The zero-order valence-electron chi connectivity index (χ0n) is 13.1. The summed E-state index contributed by atoms with van der Waals surface area (Å²) in [4.78, 5) is 2.45. The Morgan fingerprint density at radius 2 is 1.95 bits per heavy atom. The highest BCUT2D eigenvalue weighted by Gasteiger charge is 2.33. The Morgan fingerprint density at radius 1 is 1.25 bits per heavy atom. The van der Waals surface area contributed by atoms with Gasteiger partial charge in [0.05, 0.1) is 6.61 Å². The molecule has 112 valence electrons. The number of hydrogen-bond donors (Lipinski definition) is 1. The lowest BCUT2D eigenvalue weighted by molar-refractivity contribution is 0.0268. The fourth-order valence-corrected chi connectivity index (χ4v) is 3.32. The Morgan fingerprint density at radius 3 is 2.60 bits per heavy atom. The zero-order chi connectivity index (χ0) is 14.4. The Bertz CT molecular complexity index is 408.